The Morgan fingerprint density at radius 3 is 2.69 bits per heavy atom. The van der Waals surface area contributed by atoms with Crippen molar-refractivity contribution < 1.29 is 27.8 Å². The minimum atomic E-state index is -2.87. The van der Waals surface area contributed by atoms with E-state index in [1.165, 1.54) is 23.1 Å². The third-order valence-electron chi connectivity index (χ3n) is 4.19. The van der Waals surface area contributed by atoms with Gasteiger partial charge in [-0.15, -0.1) is 0 Å². The number of carbonyl (C=O) groups excluding carboxylic acids is 1. The molecular formula is C21H20ClF2NO4. The van der Waals surface area contributed by atoms with Crippen LogP contribution in [0.25, 0.3) is 6.08 Å². The predicted molar refractivity (Wildman–Crippen MR) is 106 cm³/mol. The average molecular weight is 424 g/mol. The van der Waals surface area contributed by atoms with Gasteiger partial charge in [0.2, 0.25) is 5.91 Å². The second kappa shape index (κ2) is 9.60. The van der Waals surface area contributed by atoms with Crippen molar-refractivity contribution in [2.24, 2.45) is 0 Å². The summed E-state index contributed by atoms with van der Waals surface area (Å²) in [6.45, 7) is -1.46. The highest BCUT2D eigenvalue weighted by Gasteiger charge is 2.15. The highest BCUT2D eigenvalue weighted by molar-refractivity contribution is 6.32. The molecule has 0 spiro atoms. The summed E-state index contributed by atoms with van der Waals surface area (Å²) in [5, 5.41) is 0.427. The SMILES string of the molecule is CN(Cc1ccc(OC(F)F)cc1)C(=O)C=Cc1cc(Cl)c2c(c1)OCCCO2. The maximum absolute atomic E-state index is 12.4. The monoisotopic (exact) mass is 423 g/mol. The molecule has 0 saturated heterocycles. The molecule has 0 aromatic heterocycles. The average Bonchev–Trinajstić information content (AvgIpc) is 2.93. The molecule has 1 amide bonds. The Labute approximate surface area is 172 Å². The highest BCUT2D eigenvalue weighted by Crippen LogP contribution is 2.38. The number of carbonyl (C=O) groups is 1. The number of fused-ring (bicyclic) bond motifs is 1. The standard InChI is InChI=1S/C21H20ClF2NO4/c1-25(13-14-3-6-16(7-4-14)29-21(23)24)19(26)8-5-15-11-17(22)20-18(12-15)27-9-2-10-28-20/h3-8,11-12,21H,2,9-10,13H2,1H3. The van der Waals surface area contributed by atoms with Crippen molar-refractivity contribution >= 4 is 23.6 Å². The van der Waals surface area contributed by atoms with Crippen LogP contribution in [0.15, 0.2) is 42.5 Å². The molecular weight excluding hydrogens is 404 g/mol. The van der Waals surface area contributed by atoms with Crippen LogP contribution in [0.4, 0.5) is 8.78 Å². The van der Waals surface area contributed by atoms with Gasteiger partial charge in [-0.25, -0.2) is 0 Å². The lowest BCUT2D eigenvalue weighted by Crippen LogP contribution is -2.24. The fourth-order valence-corrected chi connectivity index (χ4v) is 3.04. The Hall–Kier alpha value is -2.80. The lowest BCUT2D eigenvalue weighted by molar-refractivity contribution is -0.125. The van der Waals surface area contributed by atoms with Crippen LogP contribution in [0.3, 0.4) is 0 Å². The Kier molecular flexibility index (Phi) is 6.93. The molecule has 8 heteroatoms. The smallest absolute Gasteiger partial charge is 0.387 e. The van der Waals surface area contributed by atoms with Crippen molar-refractivity contribution in [3.8, 4) is 17.2 Å². The molecule has 0 radical (unpaired) electrons. The summed E-state index contributed by atoms with van der Waals surface area (Å²) >= 11 is 6.26. The molecule has 154 valence electrons. The zero-order valence-corrected chi connectivity index (χ0v) is 16.5. The number of benzene rings is 2. The van der Waals surface area contributed by atoms with Crippen molar-refractivity contribution in [2.45, 2.75) is 19.6 Å². The van der Waals surface area contributed by atoms with E-state index < -0.39 is 6.61 Å². The fraction of sp³-hybridized carbons (Fsp3) is 0.286. The molecule has 0 N–H and O–H groups in total. The summed E-state index contributed by atoms with van der Waals surface area (Å²) in [5.41, 5.74) is 1.50. The Bertz CT molecular complexity index is 887. The highest BCUT2D eigenvalue weighted by atomic mass is 35.5. The molecule has 0 unspecified atom stereocenters. The van der Waals surface area contributed by atoms with Crippen LogP contribution >= 0.6 is 11.6 Å². The van der Waals surface area contributed by atoms with Crippen LogP contribution in [0.5, 0.6) is 17.2 Å². The summed E-state index contributed by atoms with van der Waals surface area (Å²) in [5.74, 6) is 0.927. The Balaban J connectivity index is 1.62. The van der Waals surface area contributed by atoms with E-state index in [0.717, 1.165) is 17.5 Å². The molecule has 2 aromatic carbocycles. The van der Waals surface area contributed by atoms with E-state index in [9.17, 15) is 13.6 Å². The van der Waals surface area contributed by atoms with E-state index in [1.54, 1.807) is 37.4 Å². The lowest BCUT2D eigenvalue weighted by Gasteiger charge is -2.15. The van der Waals surface area contributed by atoms with Crippen molar-refractivity contribution in [3.05, 3.63) is 58.6 Å². The van der Waals surface area contributed by atoms with Gasteiger partial charge >= 0.3 is 6.61 Å². The van der Waals surface area contributed by atoms with Gasteiger partial charge in [0.1, 0.15) is 5.75 Å². The van der Waals surface area contributed by atoms with E-state index in [0.29, 0.717) is 36.3 Å². The van der Waals surface area contributed by atoms with Crippen molar-refractivity contribution in [2.75, 3.05) is 20.3 Å². The van der Waals surface area contributed by atoms with E-state index in [1.807, 2.05) is 0 Å². The van der Waals surface area contributed by atoms with Gasteiger partial charge in [-0.2, -0.15) is 8.78 Å². The summed E-state index contributed by atoms with van der Waals surface area (Å²) in [7, 11) is 1.65. The molecule has 0 atom stereocenters. The van der Waals surface area contributed by atoms with Crippen molar-refractivity contribution in [1.29, 1.82) is 0 Å². The van der Waals surface area contributed by atoms with Gasteiger partial charge in [0, 0.05) is 26.1 Å². The van der Waals surface area contributed by atoms with E-state index >= 15 is 0 Å². The molecule has 2 aromatic rings. The Morgan fingerprint density at radius 1 is 1.24 bits per heavy atom. The molecule has 0 bridgehead atoms. The second-order valence-corrected chi connectivity index (χ2v) is 6.84. The van der Waals surface area contributed by atoms with Gasteiger partial charge in [-0.3, -0.25) is 4.79 Å². The van der Waals surface area contributed by atoms with Crippen molar-refractivity contribution in [1.82, 2.24) is 4.90 Å². The van der Waals surface area contributed by atoms with Gasteiger partial charge in [0.15, 0.2) is 11.5 Å². The third-order valence-corrected chi connectivity index (χ3v) is 4.47. The van der Waals surface area contributed by atoms with E-state index in [4.69, 9.17) is 21.1 Å². The summed E-state index contributed by atoms with van der Waals surface area (Å²) in [6.07, 6.45) is 3.86. The summed E-state index contributed by atoms with van der Waals surface area (Å²) in [4.78, 5) is 13.9. The first kappa shape index (κ1) is 20.9. The van der Waals surface area contributed by atoms with Crippen LogP contribution in [-0.2, 0) is 11.3 Å². The van der Waals surface area contributed by atoms with Crippen molar-refractivity contribution in [3.63, 3.8) is 0 Å². The molecule has 1 aliphatic heterocycles. The summed E-state index contributed by atoms with van der Waals surface area (Å²) < 4.78 is 39.9. The number of amides is 1. The van der Waals surface area contributed by atoms with Crippen LogP contribution in [-0.4, -0.2) is 37.7 Å². The van der Waals surface area contributed by atoms with Gasteiger partial charge in [-0.05, 0) is 41.5 Å². The molecule has 0 saturated carbocycles. The largest absolute Gasteiger partial charge is 0.489 e. The number of hydrogen-bond acceptors (Lipinski definition) is 4. The van der Waals surface area contributed by atoms with Crippen LogP contribution in [0.2, 0.25) is 5.02 Å². The summed E-state index contributed by atoms with van der Waals surface area (Å²) in [6, 6.07) is 9.63. The molecule has 1 heterocycles. The molecule has 0 fully saturated rings. The third kappa shape index (κ3) is 5.84. The van der Waals surface area contributed by atoms with Crippen LogP contribution < -0.4 is 14.2 Å². The first-order chi connectivity index (χ1) is 13.9. The predicted octanol–water partition coefficient (Wildman–Crippen LogP) is 4.77. The number of halogens is 3. The van der Waals surface area contributed by atoms with Gasteiger partial charge in [-0.1, -0.05) is 23.7 Å². The zero-order valence-electron chi connectivity index (χ0n) is 15.7. The lowest BCUT2D eigenvalue weighted by atomic mass is 10.1. The fourth-order valence-electron chi connectivity index (χ4n) is 2.77. The first-order valence-electron chi connectivity index (χ1n) is 8.98. The zero-order chi connectivity index (χ0) is 20.8. The molecule has 1 aliphatic rings. The van der Waals surface area contributed by atoms with Gasteiger partial charge in [0.05, 0.1) is 18.2 Å². The number of alkyl halides is 2. The van der Waals surface area contributed by atoms with Gasteiger partial charge in [0.25, 0.3) is 0 Å². The van der Waals surface area contributed by atoms with Crippen LogP contribution in [0, 0.1) is 0 Å². The van der Waals surface area contributed by atoms with Crippen LogP contribution in [0.1, 0.15) is 17.5 Å². The maximum atomic E-state index is 12.4. The quantitative estimate of drug-likeness (QED) is 0.628. The normalized spacial score (nSPS) is 13.4. The topological polar surface area (TPSA) is 48.0 Å². The second-order valence-electron chi connectivity index (χ2n) is 6.43. The number of hydrogen-bond donors (Lipinski definition) is 0. The molecule has 5 nitrogen and oxygen atoms in total. The minimum absolute atomic E-state index is 0.0731. The molecule has 29 heavy (non-hydrogen) atoms. The maximum Gasteiger partial charge on any atom is 0.387 e. The molecule has 0 aliphatic carbocycles. The Morgan fingerprint density at radius 2 is 1.97 bits per heavy atom. The first-order valence-corrected chi connectivity index (χ1v) is 9.36. The number of rotatable bonds is 6. The number of likely N-dealkylation sites (N-methyl/N-ethyl adjacent to an activating group) is 1. The van der Waals surface area contributed by atoms with E-state index in [-0.39, 0.29) is 11.7 Å². The number of ether oxygens (including phenoxy) is 3. The minimum Gasteiger partial charge on any atom is -0.489 e. The number of nitrogens with zero attached hydrogens (tertiary/aromatic N) is 1. The van der Waals surface area contributed by atoms with Gasteiger partial charge < -0.3 is 19.1 Å². The molecule has 3 rings (SSSR count). The van der Waals surface area contributed by atoms with E-state index in [2.05, 4.69) is 4.74 Å².